The van der Waals surface area contributed by atoms with Crippen LogP contribution in [0, 0.1) is 5.82 Å². The lowest BCUT2D eigenvalue weighted by Crippen LogP contribution is -2.14. The molecule has 0 unspecified atom stereocenters. The minimum Gasteiger partial charge on any atom is -0.432 e. The summed E-state index contributed by atoms with van der Waals surface area (Å²) in [6.07, 6.45) is 2.79. The summed E-state index contributed by atoms with van der Waals surface area (Å²) in [6.45, 7) is 0. The molecule has 2 heterocycles. The van der Waals surface area contributed by atoms with Gasteiger partial charge in [0.2, 0.25) is 0 Å². The van der Waals surface area contributed by atoms with Crippen LogP contribution in [-0.2, 0) is 0 Å². The predicted octanol–water partition coefficient (Wildman–Crippen LogP) is 3.13. The number of nitrogens with one attached hydrogen (secondary N) is 1. The molecule has 104 valence electrons. The number of halogens is 1. The number of anilines is 1. The number of amides is 1. The van der Waals surface area contributed by atoms with Gasteiger partial charge in [-0.25, -0.2) is 14.4 Å². The molecular formula is C15H10FN3O2. The van der Waals surface area contributed by atoms with E-state index in [-0.39, 0.29) is 17.5 Å². The van der Waals surface area contributed by atoms with E-state index in [1.165, 1.54) is 24.6 Å². The van der Waals surface area contributed by atoms with Gasteiger partial charge in [-0.15, -0.1) is 0 Å². The maximum atomic E-state index is 12.9. The smallest absolute Gasteiger partial charge is 0.301 e. The van der Waals surface area contributed by atoms with Gasteiger partial charge in [0, 0.05) is 5.56 Å². The molecule has 0 aliphatic heterocycles. The number of pyridine rings is 1. The van der Waals surface area contributed by atoms with Gasteiger partial charge in [-0.1, -0.05) is 6.07 Å². The second-order valence-corrected chi connectivity index (χ2v) is 4.21. The molecule has 0 aliphatic carbocycles. The molecule has 0 atom stereocenters. The molecule has 0 saturated heterocycles. The highest BCUT2D eigenvalue weighted by Gasteiger charge is 2.11. The quantitative estimate of drug-likeness (QED) is 0.801. The van der Waals surface area contributed by atoms with Crippen molar-refractivity contribution in [3.63, 3.8) is 0 Å². The Bertz CT molecular complexity index is 755. The lowest BCUT2D eigenvalue weighted by molar-refractivity contribution is 0.101. The summed E-state index contributed by atoms with van der Waals surface area (Å²) < 4.78 is 17.9. The number of benzene rings is 1. The number of carbonyl (C=O) groups excluding carboxylic acids is 1. The molecule has 0 spiro atoms. The first-order valence-electron chi connectivity index (χ1n) is 6.16. The second-order valence-electron chi connectivity index (χ2n) is 4.21. The maximum Gasteiger partial charge on any atom is 0.301 e. The highest BCUT2D eigenvalue weighted by atomic mass is 19.1. The normalized spacial score (nSPS) is 10.3. The Labute approximate surface area is 119 Å². The zero-order valence-corrected chi connectivity index (χ0v) is 10.8. The van der Waals surface area contributed by atoms with Crippen LogP contribution in [-0.4, -0.2) is 15.9 Å². The number of rotatable bonds is 3. The molecule has 1 N–H and O–H groups in total. The van der Waals surface area contributed by atoms with Gasteiger partial charge in [-0.05, 0) is 36.4 Å². The van der Waals surface area contributed by atoms with Gasteiger partial charge in [0.05, 0.1) is 11.9 Å². The third kappa shape index (κ3) is 2.94. The Morgan fingerprint density at radius 3 is 2.67 bits per heavy atom. The average molecular weight is 283 g/mol. The molecule has 5 nitrogen and oxygen atoms in total. The molecule has 1 amide bonds. The van der Waals surface area contributed by atoms with Crippen LogP contribution in [0.3, 0.4) is 0 Å². The lowest BCUT2D eigenvalue weighted by Gasteiger charge is -2.04. The van der Waals surface area contributed by atoms with E-state index in [4.69, 9.17) is 4.42 Å². The molecule has 0 fully saturated rings. The molecule has 0 aliphatic rings. The van der Waals surface area contributed by atoms with E-state index in [9.17, 15) is 9.18 Å². The Kier molecular flexibility index (Phi) is 3.42. The number of aromatic nitrogens is 2. The van der Waals surface area contributed by atoms with Crippen molar-refractivity contribution in [3.05, 3.63) is 66.4 Å². The second kappa shape index (κ2) is 5.54. The third-order valence-corrected chi connectivity index (χ3v) is 2.77. The zero-order valence-electron chi connectivity index (χ0n) is 10.8. The van der Waals surface area contributed by atoms with E-state index in [1.807, 2.05) is 0 Å². The average Bonchev–Trinajstić information content (AvgIpc) is 3.01. The van der Waals surface area contributed by atoms with Crippen LogP contribution in [0.5, 0.6) is 0 Å². The first-order valence-corrected chi connectivity index (χ1v) is 6.16. The van der Waals surface area contributed by atoms with Gasteiger partial charge < -0.3 is 4.42 Å². The van der Waals surface area contributed by atoms with E-state index < -0.39 is 5.91 Å². The maximum absolute atomic E-state index is 12.9. The van der Waals surface area contributed by atoms with E-state index in [0.717, 1.165) is 5.56 Å². The topological polar surface area (TPSA) is 68.0 Å². The summed E-state index contributed by atoms with van der Waals surface area (Å²) in [7, 11) is 0. The number of nitrogens with zero attached hydrogens (tertiary/aromatic N) is 2. The molecule has 21 heavy (non-hydrogen) atoms. The fraction of sp³-hybridized carbons (Fsp3) is 0. The van der Waals surface area contributed by atoms with Crippen molar-refractivity contribution in [2.24, 2.45) is 0 Å². The molecule has 3 rings (SSSR count). The molecular weight excluding hydrogens is 273 g/mol. The molecule has 0 saturated carbocycles. The zero-order chi connectivity index (χ0) is 14.7. The number of hydrogen-bond acceptors (Lipinski definition) is 4. The van der Waals surface area contributed by atoms with Gasteiger partial charge >= 0.3 is 6.01 Å². The van der Waals surface area contributed by atoms with Crippen LogP contribution in [0.1, 0.15) is 10.5 Å². The Hall–Kier alpha value is -3.02. The summed E-state index contributed by atoms with van der Waals surface area (Å²) in [5.74, 6) is -0.752. The van der Waals surface area contributed by atoms with Crippen molar-refractivity contribution in [1.82, 2.24) is 9.97 Å². The molecule has 1 aromatic carbocycles. The molecule has 0 bridgehead atoms. The van der Waals surface area contributed by atoms with Crippen LogP contribution in [0.2, 0.25) is 0 Å². The van der Waals surface area contributed by atoms with Crippen LogP contribution in [0.15, 0.2) is 59.3 Å². The minimum absolute atomic E-state index is 0.106. The fourth-order valence-electron chi connectivity index (χ4n) is 1.79. The van der Waals surface area contributed by atoms with Crippen molar-refractivity contribution in [3.8, 4) is 11.3 Å². The highest BCUT2D eigenvalue weighted by Crippen LogP contribution is 2.18. The Morgan fingerprint density at radius 2 is 1.95 bits per heavy atom. The van der Waals surface area contributed by atoms with Crippen LogP contribution in [0.4, 0.5) is 10.4 Å². The van der Waals surface area contributed by atoms with E-state index >= 15 is 0 Å². The minimum atomic E-state index is -0.429. The SMILES string of the molecule is O=C(Nc1ncco1)c1cccc(-c2ccc(F)cc2)n1. The summed E-state index contributed by atoms with van der Waals surface area (Å²) in [6, 6.07) is 11.0. The monoisotopic (exact) mass is 283 g/mol. The first kappa shape index (κ1) is 13.0. The summed E-state index contributed by atoms with van der Waals surface area (Å²) in [5.41, 5.74) is 1.52. The number of hydrogen-bond donors (Lipinski definition) is 1. The largest absolute Gasteiger partial charge is 0.432 e. The highest BCUT2D eigenvalue weighted by molar-refractivity contribution is 6.01. The molecule has 2 aromatic heterocycles. The van der Waals surface area contributed by atoms with E-state index in [2.05, 4.69) is 15.3 Å². The van der Waals surface area contributed by atoms with Crippen LogP contribution >= 0.6 is 0 Å². The third-order valence-electron chi connectivity index (χ3n) is 2.77. The fourth-order valence-corrected chi connectivity index (χ4v) is 1.79. The van der Waals surface area contributed by atoms with Gasteiger partial charge in [-0.2, -0.15) is 0 Å². The summed E-state index contributed by atoms with van der Waals surface area (Å²) in [4.78, 5) is 20.1. The van der Waals surface area contributed by atoms with Gasteiger partial charge in [0.15, 0.2) is 0 Å². The first-order chi connectivity index (χ1) is 10.2. The van der Waals surface area contributed by atoms with Gasteiger partial charge in [0.1, 0.15) is 17.8 Å². The summed E-state index contributed by atoms with van der Waals surface area (Å²) >= 11 is 0. The van der Waals surface area contributed by atoms with Crippen molar-refractivity contribution >= 4 is 11.9 Å². The van der Waals surface area contributed by atoms with Gasteiger partial charge in [0.25, 0.3) is 5.91 Å². The van der Waals surface area contributed by atoms with Crippen molar-refractivity contribution in [2.45, 2.75) is 0 Å². The van der Waals surface area contributed by atoms with Crippen LogP contribution in [0.25, 0.3) is 11.3 Å². The van der Waals surface area contributed by atoms with Crippen LogP contribution < -0.4 is 5.32 Å². The predicted molar refractivity (Wildman–Crippen MR) is 74.1 cm³/mol. The van der Waals surface area contributed by atoms with E-state index in [1.54, 1.807) is 30.3 Å². The van der Waals surface area contributed by atoms with Crippen molar-refractivity contribution in [1.29, 1.82) is 0 Å². The summed E-state index contributed by atoms with van der Waals surface area (Å²) in [5, 5.41) is 2.49. The Balaban J connectivity index is 1.86. The van der Waals surface area contributed by atoms with Crippen molar-refractivity contribution < 1.29 is 13.6 Å². The van der Waals surface area contributed by atoms with E-state index in [0.29, 0.717) is 5.69 Å². The molecule has 6 heteroatoms. The Morgan fingerprint density at radius 1 is 1.14 bits per heavy atom. The van der Waals surface area contributed by atoms with Crippen molar-refractivity contribution in [2.75, 3.05) is 5.32 Å². The lowest BCUT2D eigenvalue weighted by atomic mass is 10.1. The molecule has 3 aromatic rings. The van der Waals surface area contributed by atoms with Gasteiger partial charge in [-0.3, -0.25) is 10.1 Å². The molecule has 0 radical (unpaired) electrons. The standard InChI is InChI=1S/C15H10FN3O2/c16-11-6-4-10(5-7-11)12-2-1-3-13(18-12)14(20)19-15-17-8-9-21-15/h1-9H,(H,17,19,20). The number of carbonyl (C=O) groups is 1. The number of oxazole rings is 1.